The fourth-order valence-corrected chi connectivity index (χ4v) is 4.78. The van der Waals surface area contributed by atoms with E-state index in [2.05, 4.69) is 0 Å². The molecule has 1 aliphatic heterocycles. The van der Waals surface area contributed by atoms with Gasteiger partial charge < -0.3 is 28.6 Å². The number of benzene rings is 3. The van der Waals surface area contributed by atoms with Crippen molar-refractivity contribution >= 4 is 17.4 Å². The second-order valence-corrected chi connectivity index (χ2v) is 9.36. The number of carbonyl (C=O) groups is 2. The summed E-state index contributed by atoms with van der Waals surface area (Å²) in [5, 5.41) is 11.4. The van der Waals surface area contributed by atoms with Crippen LogP contribution in [0.3, 0.4) is 0 Å². The molecule has 0 bridgehead atoms. The van der Waals surface area contributed by atoms with Crippen LogP contribution in [0.2, 0.25) is 0 Å². The number of hydrogen-bond acceptors (Lipinski definition) is 7. The minimum atomic E-state index is -0.887. The molecule has 0 spiro atoms. The SMILES string of the molecule is COc1ccc([C@@H]2C(=C(O)c3ccc(OCc4ccccc4C)cc3)C(=O)C(=O)N2Cc2ccco2)cc1OC. The van der Waals surface area contributed by atoms with E-state index in [9.17, 15) is 14.7 Å². The zero-order chi connectivity index (χ0) is 28.2. The lowest BCUT2D eigenvalue weighted by Gasteiger charge is -2.25. The zero-order valence-corrected chi connectivity index (χ0v) is 22.4. The van der Waals surface area contributed by atoms with Crippen molar-refractivity contribution in [2.75, 3.05) is 14.2 Å². The van der Waals surface area contributed by atoms with E-state index < -0.39 is 17.7 Å². The molecule has 0 unspecified atom stereocenters. The average molecular weight is 540 g/mol. The summed E-state index contributed by atoms with van der Waals surface area (Å²) >= 11 is 0. The Balaban J connectivity index is 1.51. The largest absolute Gasteiger partial charge is 0.507 e. The van der Waals surface area contributed by atoms with Gasteiger partial charge in [0.2, 0.25) is 0 Å². The third kappa shape index (κ3) is 5.16. The van der Waals surface area contributed by atoms with E-state index in [1.807, 2.05) is 31.2 Å². The summed E-state index contributed by atoms with van der Waals surface area (Å²) in [6.45, 7) is 2.46. The van der Waals surface area contributed by atoms with Crippen LogP contribution in [0.5, 0.6) is 17.2 Å². The summed E-state index contributed by atoms with van der Waals surface area (Å²) < 4.78 is 22.2. The van der Waals surface area contributed by atoms with Gasteiger partial charge in [0.1, 0.15) is 23.9 Å². The lowest BCUT2D eigenvalue weighted by atomic mass is 9.95. The zero-order valence-electron chi connectivity index (χ0n) is 22.4. The summed E-state index contributed by atoms with van der Waals surface area (Å²) in [6, 6.07) is 22.4. The maximum absolute atomic E-state index is 13.4. The number of aryl methyl sites for hydroxylation is 1. The molecule has 1 aliphatic rings. The van der Waals surface area contributed by atoms with Gasteiger partial charge in [-0.3, -0.25) is 9.59 Å². The molecular weight excluding hydrogens is 510 g/mol. The molecule has 40 heavy (non-hydrogen) atoms. The number of aliphatic hydroxyl groups is 1. The van der Waals surface area contributed by atoms with Gasteiger partial charge in [0.05, 0.1) is 38.6 Å². The van der Waals surface area contributed by atoms with E-state index in [-0.39, 0.29) is 17.9 Å². The van der Waals surface area contributed by atoms with Crippen LogP contribution in [0.15, 0.2) is 95.1 Å². The monoisotopic (exact) mass is 539 g/mol. The van der Waals surface area contributed by atoms with Crippen LogP contribution in [-0.4, -0.2) is 35.9 Å². The van der Waals surface area contributed by atoms with E-state index in [1.54, 1.807) is 54.6 Å². The Morgan fingerprint density at radius 1 is 0.925 bits per heavy atom. The Hall–Kier alpha value is -4.98. The highest BCUT2D eigenvalue weighted by Gasteiger charge is 2.46. The molecule has 3 aromatic carbocycles. The van der Waals surface area contributed by atoms with Crippen molar-refractivity contribution in [3.05, 3.63) is 119 Å². The summed E-state index contributed by atoms with van der Waals surface area (Å²) in [6.07, 6.45) is 1.50. The summed E-state index contributed by atoms with van der Waals surface area (Å²) in [5.41, 5.74) is 3.12. The highest BCUT2D eigenvalue weighted by molar-refractivity contribution is 6.46. The summed E-state index contributed by atoms with van der Waals surface area (Å²) in [5.74, 6) is 0.219. The number of aliphatic hydroxyl groups excluding tert-OH is 1. The Bertz CT molecular complexity index is 1550. The summed E-state index contributed by atoms with van der Waals surface area (Å²) in [7, 11) is 3.03. The molecule has 1 saturated heterocycles. The second kappa shape index (κ2) is 11.4. The molecule has 1 N–H and O–H groups in total. The van der Waals surface area contributed by atoms with Gasteiger partial charge in [-0.2, -0.15) is 0 Å². The smallest absolute Gasteiger partial charge is 0.296 e. The van der Waals surface area contributed by atoms with Gasteiger partial charge in [0, 0.05) is 5.56 Å². The van der Waals surface area contributed by atoms with Crippen molar-refractivity contribution in [3.63, 3.8) is 0 Å². The third-order valence-corrected chi connectivity index (χ3v) is 6.95. The molecule has 0 aliphatic carbocycles. The quantitative estimate of drug-likeness (QED) is 0.163. The van der Waals surface area contributed by atoms with Crippen molar-refractivity contribution in [1.29, 1.82) is 0 Å². The van der Waals surface area contributed by atoms with Crippen LogP contribution >= 0.6 is 0 Å². The minimum Gasteiger partial charge on any atom is -0.507 e. The molecule has 4 aromatic rings. The molecule has 0 saturated carbocycles. The molecule has 0 radical (unpaired) electrons. The average Bonchev–Trinajstić information content (AvgIpc) is 3.58. The van der Waals surface area contributed by atoms with Crippen LogP contribution in [0.4, 0.5) is 0 Å². The van der Waals surface area contributed by atoms with Gasteiger partial charge in [0.15, 0.2) is 11.5 Å². The highest BCUT2D eigenvalue weighted by Crippen LogP contribution is 2.42. The maximum Gasteiger partial charge on any atom is 0.296 e. The first-order valence-electron chi connectivity index (χ1n) is 12.7. The first kappa shape index (κ1) is 26.6. The number of ketones is 1. The van der Waals surface area contributed by atoms with E-state index in [0.717, 1.165) is 11.1 Å². The van der Waals surface area contributed by atoms with Gasteiger partial charge in [-0.1, -0.05) is 30.3 Å². The van der Waals surface area contributed by atoms with Crippen molar-refractivity contribution in [2.45, 2.75) is 26.1 Å². The number of likely N-dealkylation sites (tertiary alicyclic amines) is 1. The number of methoxy groups -OCH3 is 2. The normalized spacial score (nSPS) is 16.3. The molecule has 1 fully saturated rings. The van der Waals surface area contributed by atoms with E-state index in [1.165, 1.54) is 25.4 Å². The van der Waals surface area contributed by atoms with E-state index in [0.29, 0.717) is 40.7 Å². The van der Waals surface area contributed by atoms with Crippen molar-refractivity contribution < 1.29 is 33.3 Å². The molecular formula is C32H29NO7. The number of hydrogen-bond donors (Lipinski definition) is 1. The number of Topliss-reactive ketones (excluding diaryl/α,β-unsaturated/α-hetero) is 1. The van der Waals surface area contributed by atoms with E-state index >= 15 is 0 Å². The topological polar surface area (TPSA) is 98.4 Å². The fraction of sp³-hybridized carbons (Fsp3) is 0.188. The predicted molar refractivity (Wildman–Crippen MR) is 148 cm³/mol. The van der Waals surface area contributed by atoms with Crippen LogP contribution in [0, 0.1) is 6.92 Å². The van der Waals surface area contributed by atoms with Crippen LogP contribution < -0.4 is 14.2 Å². The highest BCUT2D eigenvalue weighted by atomic mass is 16.5. The maximum atomic E-state index is 13.4. The molecule has 8 nitrogen and oxygen atoms in total. The molecule has 204 valence electrons. The lowest BCUT2D eigenvalue weighted by molar-refractivity contribution is -0.140. The lowest BCUT2D eigenvalue weighted by Crippen LogP contribution is -2.29. The number of furan rings is 1. The Morgan fingerprint density at radius 3 is 2.35 bits per heavy atom. The van der Waals surface area contributed by atoms with Gasteiger partial charge in [-0.25, -0.2) is 0 Å². The second-order valence-electron chi connectivity index (χ2n) is 9.36. The fourth-order valence-electron chi connectivity index (χ4n) is 4.78. The number of ether oxygens (including phenoxy) is 3. The standard InChI is InChI=1S/C32H29NO7/c1-20-7-4-5-8-23(20)19-40-24-13-10-21(11-14-24)30(34)28-29(22-12-15-26(37-2)27(17-22)38-3)33(32(36)31(28)35)18-25-9-6-16-39-25/h4-17,29,34H,18-19H2,1-3H3/t29-/m1/s1. The molecule has 1 amide bonds. The minimum absolute atomic E-state index is 0.0302. The number of nitrogens with zero attached hydrogens (tertiary/aromatic N) is 1. The van der Waals surface area contributed by atoms with Crippen LogP contribution in [-0.2, 0) is 22.7 Å². The summed E-state index contributed by atoms with van der Waals surface area (Å²) in [4.78, 5) is 28.0. The van der Waals surface area contributed by atoms with Crippen molar-refractivity contribution in [1.82, 2.24) is 4.90 Å². The third-order valence-electron chi connectivity index (χ3n) is 6.95. The Kier molecular flexibility index (Phi) is 7.59. The van der Waals surface area contributed by atoms with Crippen LogP contribution in [0.1, 0.15) is 34.1 Å². The first-order chi connectivity index (χ1) is 19.4. The van der Waals surface area contributed by atoms with Crippen molar-refractivity contribution in [3.8, 4) is 17.2 Å². The van der Waals surface area contributed by atoms with Gasteiger partial charge >= 0.3 is 0 Å². The molecule has 8 heteroatoms. The molecule has 1 atom stereocenters. The number of rotatable bonds is 9. The van der Waals surface area contributed by atoms with E-state index in [4.69, 9.17) is 18.6 Å². The van der Waals surface area contributed by atoms with Gasteiger partial charge in [0.25, 0.3) is 11.7 Å². The van der Waals surface area contributed by atoms with Crippen molar-refractivity contribution in [2.24, 2.45) is 0 Å². The molecule has 5 rings (SSSR count). The Labute approximate surface area is 232 Å². The number of carbonyl (C=O) groups excluding carboxylic acids is 2. The van der Waals surface area contributed by atoms with Crippen LogP contribution in [0.25, 0.3) is 5.76 Å². The molecule has 1 aromatic heterocycles. The Morgan fingerprint density at radius 2 is 1.68 bits per heavy atom. The van der Waals surface area contributed by atoms with Gasteiger partial charge in [-0.15, -0.1) is 0 Å². The molecule has 2 heterocycles. The number of amides is 1. The predicted octanol–water partition coefficient (Wildman–Crippen LogP) is 5.81. The first-order valence-corrected chi connectivity index (χ1v) is 12.7. The van der Waals surface area contributed by atoms with Gasteiger partial charge in [-0.05, 0) is 72.1 Å².